The number of pyridine rings is 1. The van der Waals surface area contributed by atoms with Crippen LogP contribution >= 0.6 is 36.2 Å². The Kier molecular flexibility index (Phi) is 8.89. The van der Waals surface area contributed by atoms with Crippen molar-refractivity contribution in [2.24, 2.45) is 0 Å². The van der Waals surface area contributed by atoms with Crippen molar-refractivity contribution in [3.63, 3.8) is 0 Å². The van der Waals surface area contributed by atoms with Crippen LogP contribution in [0.4, 0.5) is 5.00 Å². The molecule has 6 nitrogen and oxygen atoms in total. The van der Waals surface area contributed by atoms with E-state index in [0.29, 0.717) is 16.1 Å². The molecule has 1 saturated heterocycles. The van der Waals surface area contributed by atoms with Gasteiger partial charge in [-0.3, -0.25) is 14.6 Å². The van der Waals surface area contributed by atoms with Crippen molar-refractivity contribution in [3.8, 4) is 0 Å². The van der Waals surface area contributed by atoms with E-state index in [4.69, 9.17) is 0 Å². The van der Waals surface area contributed by atoms with Crippen LogP contribution in [-0.2, 0) is 12.8 Å². The smallest absolute Gasteiger partial charge is 0.257 e. The fraction of sp³-hybridized carbons (Fsp3) is 0.450. The molecule has 1 aliphatic heterocycles. The molecule has 2 amide bonds. The largest absolute Gasteiger partial charge is 0.348 e. The Morgan fingerprint density at radius 3 is 2.69 bits per heavy atom. The second kappa shape index (κ2) is 10.9. The summed E-state index contributed by atoms with van der Waals surface area (Å²) in [6.45, 7) is 1.81. The SMILES string of the molecule is Cl.Cl.O=C(Nc1sc2c(c1C(=O)NC1CCCNC1)CCCC2)c1cccnc1. The molecule has 0 radical (unpaired) electrons. The highest BCUT2D eigenvalue weighted by molar-refractivity contribution is 7.17. The molecule has 0 spiro atoms. The zero-order valence-corrected chi connectivity index (χ0v) is 18.5. The Morgan fingerprint density at radius 1 is 1.14 bits per heavy atom. The van der Waals surface area contributed by atoms with Crippen LogP contribution in [0.25, 0.3) is 0 Å². The normalized spacial score (nSPS) is 17.9. The van der Waals surface area contributed by atoms with Gasteiger partial charge in [-0.05, 0) is 62.8 Å². The summed E-state index contributed by atoms with van der Waals surface area (Å²) < 4.78 is 0. The molecule has 4 rings (SSSR count). The minimum Gasteiger partial charge on any atom is -0.348 e. The first-order chi connectivity index (χ1) is 13.2. The van der Waals surface area contributed by atoms with Gasteiger partial charge in [0.15, 0.2) is 0 Å². The predicted molar refractivity (Wildman–Crippen MR) is 121 cm³/mol. The summed E-state index contributed by atoms with van der Waals surface area (Å²) in [5.74, 6) is -0.292. The van der Waals surface area contributed by atoms with Gasteiger partial charge in [0.05, 0.1) is 11.1 Å². The van der Waals surface area contributed by atoms with Crippen molar-refractivity contribution in [1.82, 2.24) is 15.6 Å². The zero-order chi connectivity index (χ0) is 18.6. The average Bonchev–Trinajstić information content (AvgIpc) is 3.07. The van der Waals surface area contributed by atoms with Crippen molar-refractivity contribution in [1.29, 1.82) is 0 Å². The van der Waals surface area contributed by atoms with Gasteiger partial charge in [0.2, 0.25) is 0 Å². The van der Waals surface area contributed by atoms with Gasteiger partial charge in [0.1, 0.15) is 5.00 Å². The molecule has 9 heteroatoms. The number of rotatable bonds is 4. The Hall–Kier alpha value is -1.67. The van der Waals surface area contributed by atoms with Gasteiger partial charge in [-0.15, -0.1) is 36.2 Å². The Balaban J connectivity index is 0.00000150. The molecular formula is C20H26Cl2N4O2S. The minimum atomic E-state index is -0.227. The molecular weight excluding hydrogens is 431 g/mol. The van der Waals surface area contributed by atoms with E-state index in [2.05, 4.69) is 20.9 Å². The number of aryl methyl sites for hydroxylation is 1. The van der Waals surface area contributed by atoms with Crippen LogP contribution < -0.4 is 16.0 Å². The maximum Gasteiger partial charge on any atom is 0.257 e. The number of anilines is 1. The number of hydrogen-bond donors (Lipinski definition) is 3. The third-order valence-electron chi connectivity index (χ3n) is 5.18. The summed E-state index contributed by atoms with van der Waals surface area (Å²) in [5, 5.41) is 10.1. The van der Waals surface area contributed by atoms with Crippen molar-refractivity contribution >= 4 is 53.0 Å². The molecule has 0 saturated carbocycles. The first-order valence-electron chi connectivity index (χ1n) is 9.60. The lowest BCUT2D eigenvalue weighted by Crippen LogP contribution is -2.45. The lowest BCUT2D eigenvalue weighted by atomic mass is 9.95. The number of fused-ring (bicyclic) bond motifs is 1. The standard InChI is InChI=1S/C20H24N4O2S.2ClH/c25-18(13-5-3-9-21-11-13)24-20-17(15-7-1-2-8-16(15)27-20)19(26)23-14-6-4-10-22-12-14;;/h3,5,9,11,14,22H,1-2,4,6-8,10,12H2,(H,23,26)(H,24,25);2*1H. The van der Waals surface area contributed by atoms with E-state index in [1.54, 1.807) is 29.7 Å². The van der Waals surface area contributed by atoms with Crippen LogP contribution in [0.15, 0.2) is 24.5 Å². The molecule has 158 valence electrons. The fourth-order valence-electron chi connectivity index (χ4n) is 3.80. The number of piperidine rings is 1. The molecule has 3 N–H and O–H groups in total. The zero-order valence-electron chi connectivity index (χ0n) is 16.0. The van der Waals surface area contributed by atoms with Crippen LogP contribution in [0.2, 0.25) is 0 Å². The van der Waals surface area contributed by atoms with Gasteiger partial charge in [-0.25, -0.2) is 0 Å². The predicted octanol–water partition coefficient (Wildman–Crippen LogP) is 3.60. The molecule has 29 heavy (non-hydrogen) atoms. The molecule has 2 aliphatic rings. The molecule has 1 unspecified atom stereocenters. The second-order valence-corrected chi connectivity index (χ2v) is 8.23. The number of nitrogens with zero attached hydrogens (tertiary/aromatic N) is 1. The highest BCUT2D eigenvalue weighted by Crippen LogP contribution is 2.38. The van der Waals surface area contributed by atoms with Gasteiger partial charge < -0.3 is 16.0 Å². The molecule has 3 heterocycles. The van der Waals surface area contributed by atoms with Gasteiger partial charge in [0.25, 0.3) is 11.8 Å². The number of nitrogens with one attached hydrogen (secondary N) is 3. The Bertz CT molecular complexity index is 839. The van der Waals surface area contributed by atoms with E-state index < -0.39 is 0 Å². The van der Waals surface area contributed by atoms with Crippen molar-refractivity contribution in [2.45, 2.75) is 44.6 Å². The highest BCUT2D eigenvalue weighted by atomic mass is 35.5. The third kappa shape index (κ3) is 5.48. The van der Waals surface area contributed by atoms with Gasteiger partial charge in [0, 0.05) is 29.9 Å². The van der Waals surface area contributed by atoms with E-state index in [9.17, 15) is 9.59 Å². The summed E-state index contributed by atoms with van der Waals surface area (Å²) in [6.07, 6.45) is 9.34. The van der Waals surface area contributed by atoms with Crippen LogP contribution in [0.5, 0.6) is 0 Å². The number of thiophene rings is 1. The van der Waals surface area contributed by atoms with Gasteiger partial charge in [-0.1, -0.05) is 0 Å². The van der Waals surface area contributed by atoms with E-state index in [1.807, 2.05) is 0 Å². The molecule has 0 bridgehead atoms. The molecule has 2 aromatic heterocycles. The van der Waals surface area contributed by atoms with Crippen molar-refractivity contribution in [2.75, 3.05) is 18.4 Å². The topological polar surface area (TPSA) is 83.1 Å². The summed E-state index contributed by atoms with van der Waals surface area (Å²) in [5.41, 5.74) is 2.28. The van der Waals surface area contributed by atoms with Gasteiger partial charge >= 0.3 is 0 Å². The van der Waals surface area contributed by atoms with E-state index in [0.717, 1.165) is 57.2 Å². The Labute approximate surface area is 187 Å². The van der Waals surface area contributed by atoms with Crippen LogP contribution in [0, 0.1) is 0 Å². The first kappa shape index (κ1) is 23.6. The maximum absolute atomic E-state index is 13.1. The maximum atomic E-state index is 13.1. The van der Waals surface area contributed by atoms with E-state index >= 15 is 0 Å². The quantitative estimate of drug-likeness (QED) is 0.655. The Morgan fingerprint density at radius 2 is 1.97 bits per heavy atom. The molecule has 1 aliphatic carbocycles. The summed E-state index contributed by atoms with van der Waals surface area (Å²) >= 11 is 1.55. The average molecular weight is 457 g/mol. The fourth-order valence-corrected chi connectivity index (χ4v) is 5.08. The number of amides is 2. The summed E-state index contributed by atoms with van der Waals surface area (Å²) in [4.78, 5) is 30.9. The number of aromatic nitrogens is 1. The van der Waals surface area contributed by atoms with Crippen LogP contribution in [-0.4, -0.2) is 35.9 Å². The molecule has 2 aromatic rings. The number of carbonyl (C=O) groups excluding carboxylic acids is 2. The molecule has 0 aromatic carbocycles. The minimum absolute atomic E-state index is 0. The van der Waals surface area contributed by atoms with E-state index in [1.165, 1.54) is 11.1 Å². The van der Waals surface area contributed by atoms with Crippen molar-refractivity contribution < 1.29 is 9.59 Å². The first-order valence-corrected chi connectivity index (χ1v) is 10.4. The van der Waals surface area contributed by atoms with Crippen LogP contribution in [0.3, 0.4) is 0 Å². The second-order valence-electron chi connectivity index (χ2n) is 7.13. The lowest BCUT2D eigenvalue weighted by Gasteiger charge is -2.24. The summed E-state index contributed by atoms with van der Waals surface area (Å²) in [6, 6.07) is 3.61. The number of halogens is 2. The molecule has 1 fully saturated rings. The lowest BCUT2D eigenvalue weighted by molar-refractivity contribution is 0.0931. The van der Waals surface area contributed by atoms with Crippen molar-refractivity contribution in [3.05, 3.63) is 46.1 Å². The molecule has 1 atom stereocenters. The van der Waals surface area contributed by atoms with E-state index in [-0.39, 0.29) is 42.7 Å². The summed E-state index contributed by atoms with van der Waals surface area (Å²) in [7, 11) is 0. The number of hydrogen-bond acceptors (Lipinski definition) is 5. The van der Waals surface area contributed by atoms with Crippen LogP contribution in [0.1, 0.15) is 56.8 Å². The number of carbonyl (C=O) groups is 2. The monoisotopic (exact) mass is 456 g/mol. The van der Waals surface area contributed by atoms with Gasteiger partial charge in [-0.2, -0.15) is 0 Å². The highest BCUT2D eigenvalue weighted by Gasteiger charge is 2.28. The third-order valence-corrected chi connectivity index (χ3v) is 6.39.